The van der Waals surface area contributed by atoms with Crippen LogP contribution in [0.4, 0.5) is 18.9 Å². The second-order valence-corrected chi connectivity index (χ2v) is 14.0. The number of H-pyrrole nitrogens is 1. The number of alkyl halides is 3. The molecule has 48 heavy (non-hydrogen) atoms. The Morgan fingerprint density at radius 2 is 1.65 bits per heavy atom. The lowest BCUT2D eigenvalue weighted by atomic mass is 9.83. The van der Waals surface area contributed by atoms with E-state index in [0.717, 1.165) is 28.7 Å². The van der Waals surface area contributed by atoms with E-state index in [9.17, 15) is 22.8 Å². The van der Waals surface area contributed by atoms with Gasteiger partial charge in [-0.05, 0) is 97.7 Å². The number of rotatable bonds is 9. The number of hydrogen-bond donors (Lipinski definition) is 2. The number of ether oxygens (including phenoxy) is 1. The number of carbonyl (C=O) groups excluding carboxylic acids is 2. The van der Waals surface area contributed by atoms with Gasteiger partial charge in [0.2, 0.25) is 11.8 Å². The molecule has 0 radical (unpaired) electrons. The minimum Gasteiger partial charge on any atom is -0.497 e. The normalized spacial score (nSPS) is 20.3. The smallest absolute Gasteiger partial charge is 0.416 e. The molecule has 1 saturated heterocycles. The zero-order valence-electron chi connectivity index (χ0n) is 28.1. The Kier molecular flexibility index (Phi) is 8.83. The Hall–Kier alpha value is -4.31. The van der Waals surface area contributed by atoms with Crippen molar-refractivity contribution in [2.75, 3.05) is 32.6 Å². The van der Waals surface area contributed by atoms with E-state index >= 15 is 0 Å². The molecule has 0 spiro atoms. The molecular formula is C38H43F3N4O3. The highest BCUT2D eigenvalue weighted by Crippen LogP contribution is 2.67. The van der Waals surface area contributed by atoms with Crippen molar-refractivity contribution < 1.29 is 27.5 Å². The number of carbonyl (C=O) groups is 2. The predicted molar refractivity (Wildman–Crippen MR) is 181 cm³/mol. The number of aromatic amines is 1. The number of fused-ring (bicyclic) bond motifs is 1. The van der Waals surface area contributed by atoms with Gasteiger partial charge in [0.15, 0.2) is 0 Å². The standard InChI is InChI=1S/C38H43F3N4O3/c1-24-33(29-8-6-7-9-31(29)42-24)34-30(36(34,2)3)22-32(46)45(23-25-10-12-26(13-11-25)38(39,40)41)37(18-20-44(4)21-19-37)35(47)43-27-14-16-28(48-5)17-15-27/h6-17,30,34,42H,18-23H2,1-5H3,(H,43,47)/t30-,34+/m0/s1. The third kappa shape index (κ3) is 6.30. The van der Waals surface area contributed by atoms with Crippen LogP contribution in [0, 0.1) is 18.3 Å². The highest BCUT2D eigenvalue weighted by atomic mass is 19.4. The molecular weight excluding hydrogens is 617 g/mol. The number of amides is 2. The molecule has 4 aromatic rings. The minimum absolute atomic E-state index is 0.0145. The summed E-state index contributed by atoms with van der Waals surface area (Å²) < 4.78 is 45.6. The van der Waals surface area contributed by atoms with Crippen LogP contribution < -0.4 is 10.1 Å². The van der Waals surface area contributed by atoms with Crippen LogP contribution in [-0.4, -0.2) is 59.4 Å². The molecule has 1 aromatic heterocycles. The van der Waals surface area contributed by atoms with Crippen LogP contribution >= 0.6 is 0 Å². The van der Waals surface area contributed by atoms with Crippen LogP contribution in [0.1, 0.15) is 61.4 Å². The van der Waals surface area contributed by atoms with Crippen LogP contribution in [0.3, 0.4) is 0 Å². The van der Waals surface area contributed by atoms with Crippen LogP contribution in [-0.2, 0) is 22.3 Å². The van der Waals surface area contributed by atoms with Gasteiger partial charge in [-0.15, -0.1) is 0 Å². The van der Waals surface area contributed by atoms with Gasteiger partial charge in [0.05, 0.1) is 12.7 Å². The molecule has 0 unspecified atom stereocenters. The molecule has 3 aromatic carbocycles. The zero-order chi connectivity index (χ0) is 34.4. The van der Waals surface area contributed by atoms with Crippen molar-refractivity contribution >= 4 is 28.4 Å². The molecule has 10 heteroatoms. The number of nitrogens with zero attached hydrogens (tertiary/aromatic N) is 2. The van der Waals surface area contributed by atoms with E-state index in [1.165, 1.54) is 17.7 Å². The fourth-order valence-electron chi connectivity index (χ4n) is 7.69. The number of aryl methyl sites for hydroxylation is 1. The largest absolute Gasteiger partial charge is 0.497 e. The van der Waals surface area contributed by atoms with Crippen LogP contribution in [0.15, 0.2) is 72.8 Å². The minimum atomic E-state index is -4.48. The molecule has 254 valence electrons. The summed E-state index contributed by atoms with van der Waals surface area (Å²) in [5.74, 6) is 0.314. The second kappa shape index (κ2) is 12.6. The maximum Gasteiger partial charge on any atom is 0.416 e. The number of nitrogens with one attached hydrogen (secondary N) is 2. The first-order chi connectivity index (χ1) is 22.7. The van der Waals surface area contributed by atoms with Crippen LogP contribution in [0.2, 0.25) is 0 Å². The Morgan fingerprint density at radius 3 is 2.27 bits per heavy atom. The van der Waals surface area contributed by atoms with Crippen molar-refractivity contribution in [1.29, 1.82) is 0 Å². The number of hydrogen-bond acceptors (Lipinski definition) is 4. The highest BCUT2D eigenvalue weighted by molar-refractivity contribution is 6.01. The molecule has 1 aliphatic carbocycles. The third-order valence-corrected chi connectivity index (χ3v) is 10.7. The fraction of sp³-hybridized carbons (Fsp3) is 0.421. The van der Waals surface area contributed by atoms with Gasteiger partial charge in [-0.2, -0.15) is 13.2 Å². The Morgan fingerprint density at radius 1 is 1.00 bits per heavy atom. The Labute approximate surface area is 279 Å². The summed E-state index contributed by atoms with van der Waals surface area (Å²) >= 11 is 0. The Bertz CT molecular complexity index is 1790. The number of piperidine rings is 1. The van der Waals surface area contributed by atoms with E-state index in [-0.39, 0.29) is 42.0 Å². The molecule has 1 aliphatic heterocycles. The number of para-hydroxylation sites is 1. The van der Waals surface area contributed by atoms with Crippen molar-refractivity contribution in [1.82, 2.24) is 14.8 Å². The SMILES string of the molecule is COc1ccc(NC(=O)C2(N(Cc3ccc(C(F)(F)F)cc3)C(=O)C[C@H]3[C@H](c4c(C)[nH]c5ccccc45)C3(C)C)CCN(C)CC2)cc1. The van der Waals surface area contributed by atoms with Crippen molar-refractivity contribution in [3.8, 4) is 5.75 Å². The van der Waals surface area contributed by atoms with Crippen LogP contribution in [0.5, 0.6) is 5.75 Å². The average molecular weight is 661 g/mol. The fourth-order valence-corrected chi connectivity index (χ4v) is 7.69. The van der Waals surface area contributed by atoms with Crippen molar-refractivity contribution in [3.63, 3.8) is 0 Å². The molecule has 2 heterocycles. The van der Waals surface area contributed by atoms with Gasteiger partial charge in [0.1, 0.15) is 11.3 Å². The zero-order valence-corrected chi connectivity index (χ0v) is 28.1. The van der Waals surface area contributed by atoms with Crippen molar-refractivity contribution in [2.24, 2.45) is 11.3 Å². The van der Waals surface area contributed by atoms with Gasteiger partial charge in [0.25, 0.3) is 0 Å². The van der Waals surface area contributed by atoms with E-state index in [1.54, 1.807) is 36.3 Å². The second-order valence-electron chi connectivity index (χ2n) is 14.0. The molecule has 2 aliphatic rings. The molecule has 2 N–H and O–H groups in total. The van der Waals surface area contributed by atoms with Gasteiger partial charge in [-0.1, -0.05) is 44.2 Å². The summed E-state index contributed by atoms with van der Waals surface area (Å²) in [5, 5.41) is 4.20. The molecule has 2 atom stereocenters. The highest BCUT2D eigenvalue weighted by Gasteiger charge is 2.60. The molecule has 1 saturated carbocycles. The first kappa shape index (κ1) is 33.6. The molecule has 7 nitrogen and oxygen atoms in total. The summed E-state index contributed by atoms with van der Waals surface area (Å²) in [5.41, 5.74) is 2.32. The predicted octanol–water partition coefficient (Wildman–Crippen LogP) is 7.77. The number of halogens is 3. The first-order valence-corrected chi connectivity index (χ1v) is 16.4. The summed E-state index contributed by atoms with van der Waals surface area (Å²) in [7, 11) is 3.55. The molecule has 0 bridgehead atoms. The number of benzene rings is 3. The number of aromatic nitrogens is 1. The maximum atomic E-state index is 14.7. The van der Waals surface area contributed by atoms with Crippen LogP contribution in [0.25, 0.3) is 10.9 Å². The van der Waals surface area contributed by atoms with Gasteiger partial charge < -0.3 is 24.8 Å². The lowest BCUT2D eigenvalue weighted by Gasteiger charge is -2.47. The van der Waals surface area contributed by atoms with E-state index < -0.39 is 17.3 Å². The van der Waals surface area contributed by atoms with E-state index in [2.05, 4.69) is 48.1 Å². The molecule has 2 amide bonds. The summed E-state index contributed by atoms with van der Waals surface area (Å²) in [6.45, 7) is 7.60. The molecule has 2 fully saturated rings. The monoisotopic (exact) mass is 660 g/mol. The van der Waals surface area contributed by atoms with E-state index in [0.29, 0.717) is 42.9 Å². The molecule has 6 rings (SSSR count). The van der Waals surface area contributed by atoms with Crippen molar-refractivity contribution in [2.45, 2.75) is 64.2 Å². The quantitative estimate of drug-likeness (QED) is 0.192. The van der Waals surface area contributed by atoms with Crippen molar-refractivity contribution in [3.05, 3.63) is 95.2 Å². The maximum absolute atomic E-state index is 14.7. The number of anilines is 1. The van der Waals surface area contributed by atoms with Gasteiger partial charge >= 0.3 is 6.18 Å². The summed E-state index contributed by atoms with van der Waals surface area (Å²) in [4.78, 5) is 36.4. The first-order valence-electron chi connectivity index (χ1n) is 16.4. The van der Waals surface area contributed by atoms with Gasteiger partial charge in [0, 0.05) is 48.3 Å². The lowest BCUT2D eigenvalue weighted by molar-refractivity contribution is -0.150. The third-order valence-electron chi connectivity index (χ3n) is 10.7. The number of likely N-dealkylation sites (tertiary alicyclic amines) is 1. The van der Waals surface area contributed by atoms with E-state index in [4.69, 9.17) is 4.74 Å². The average Bonchev–Trinajstić information content (AvgIpc) is 3.40. The lowest BCUT2D eigenvalue weighted by Crippen LogP contribution is -2.62. The topological polar surface area (TPSA) is 77.7 Å². The van der Waals surface area contributed by atoms with E-state index in [1.807, 2.05) is 19.2 Å². The summed E-state index contributed by atoms with van der Waals surface area (Å²) in [6.07, 6.45) is -3.49. The van der Waals surface area contributed by atoms with Gasteiger partial charge in [-0.3, -0.25) is 9.59 Å². The summed E-state index contributed by atoms with van der Waals surface area (Å²) in [6, 6.07) is 20.1. The Balaban J connectivity index is 1.35. The van der Waals surface area contributed by atoms with Gasteiger partial charge in [-0.25, -0.2) is 0 Å². The number of methoxy groups -OCH3 is 1.